The maximum absolute atomic E-state index is 13.4. The zero-order chi connectivity index (χ0) is 65.2. The second-order valence-corrected chi connectivity index (χ2v) is 27.1. The van der Waals surface area contributed by atoms with Crippen molar-refractivity contribution in [1.82, 2.24) is 5.32 Å². The molecule has 2 rings (SSSR count). The first-order chi connectivity index (χ1) is 44.1. The van der Waals surface area contributed by atoms with E-state index < -0.39 is 86.8 Å². The number of amides is 1. The summed E-state index contributed by atoms with van der Waals surface area (Å²) in [6.07, 6.45) is 62.2. The van der Waals surface area contributed by atoms with Crippen LogP contribution < -0.4 is 5.32 Å². The molecule has 0 aromatic heterocycles. The molecule has 0 aromatic carbocycles. The molecule has 90 heavy (non-hydrogen) atoms. The van der Waals surface area contributed by atoms with Gasteiger partial charge in [-0.2, -0.15) is 0 Å². The smallest absolute Gasteiger partial charge is 0.220 e. The Labute approximate surface area is 551 Å². The average molecular weight is 1280 g/mol. The Morgan fingerprint density at radius 3 is 1.09 bits per heavy atom. The molecule has 14 nitrogen and oxygen atoms in total. The molecule has 0 spiro atoms. The Bertz CT molecular complexity index is 1650. The lowest BCUT2D eigenvalue weighted by Gasteiger charge is -2.46. The molecule has 2 saturated heterocycles. The van der Waals surface area contributed by atoms with Gasteiger partial charge in [-0.05, 0) is 44.9 Å². The Morgan fingerprint density at radius 2 is 0.711 bits per heavy atom. The summed E-state index contributed by atoms with van der Waals surface area (Å²) in [5.74, 6) is -0.246. The van der Waals surface area contributed by atoms with Crippen LogP contribution in [0.3, 0.4) is 0 Å². The van der Waals surface area contributed by atoms with Gasteiger partial charge in [0.15, 0.2) is 12.6 Å². The molecule has 12 atom stereocenters. The largest absolute Gasteiger partial charge is 0.394 e. The number of carbonyl (C=O) groups is 1. The molecular formula is C76H143NO13. The number of hydrogen-bond acceptors (Lipinski definition) is 13. The molecule has 2 aliphatic heterocycles. The molecule has 1 amide bonds. The first-order valence-corrected chi connectivity index (χ1v) is 38.2. The lowest BCUT2D eigenvalue weighted by Crippen LogP contribution is -2.65. The van der Waals surface area contributed by atoms with Crippen molar-refractivity contribution in [2.24, 2.45) is 0 Å². The first-order valence-electron chi connectivity index (χ1n) is 38.2. The summed E-state index contributed by atoms with van der Waals surface area (Å²) in [6.45, 7) is 2.84. The maximum atomic E-state index is 13.4. The summed E-state index contributed by atoms with van der Waals surface area (Å²) in [6, 6.07) is -0.938. The Balaban J connectivity index is 1.67. The number of ether oxygens (including phenoxy) is 4. The van der Waals surface area contributed by atoms with Crippen LogP contribution >= 0.6 is 0 Å². The van der Waals surface area contributed by atoms with Crippen molar-refractivity contribution in [3.05, 3.63) is 36.5 Å². The fourth-order valence-corrected chi connectivity index (χ4v) is 12.7. The first kappa shape index (κ1) is 84.3. The van der Waals surface area contributed by atoms with Crippen molar-refractivity contribution in [2.75, 3.05) is 19.8 Å². The van der Waals surface area contributed by atoms with Crippen LogP contribution in [-0.4, -0.2) is 140 Å². The van der Waals surface area contributed by atoms with E-state index in [0.29, 0.717) is 12.8 Å². The van der Waals surface area contributed by atoms with Gasteiger partial charge in [-0.1, -0.05) is 333 Å². The third-order valence-corrected chi connectivity index (χ3v) is 18.8. The Kier molecular flexibility index (Phi) is 57.0. The van der Waals surface area contributed by atoms with Gasteiger partial charge in [0.25, 0.3) is 0 Å². The van der Waals surface area contributed by atoms with Gasteiger partial charge in [-0.15, -0.1) is 0 Å². The normalized spacial score (nSPS) is 23.0. The quantitative estimate of drug-likeness (QED) is 0.0204. The van der Waals surface area contributed by atoms with E-state index in [0.717, 1.165) is 44.9 Å². The van der Waals surface area contributed by atoms with Crippen molar-refractivity contribution in [2.45, 2.75) is 421 Å². The predicted molar refractivity (Wildman–Crippen MR) is 369 cm³/mol. The minimum Gasteiger partial charge on any atom is -0.394 e. The number of carbonyl (C=O) groups excluding carboxylic acids is 1. The lowest BCUT2D eigenvalue weighted by molar-refractivity contribution is -0.359. The summed E-state index contributed by atoms with van der Waals surface area (Å²) >= 11 is 0. The average Bonchev–Trinajstić information content (AvgIpc) is 1.20. The van der Waals surface area contributed by atoms with Gasteiger partial charge >= 0.3 is 0 Å². The van der Waals surface area contributed by atoms with E-state index >= 15 is 0 Å². The molecule has 0 aliphatic carbocycles. The molecule has 2 fully saturated rings. The van der Waals surface area contributed by atoms with Gasteiger partial charge in [0, 0.05) is 6.42 Å². The number of nitrogens with one attached hydrogen (secondary N) is 1. The van der Waals surface area contributed by atoms with E-state index in [1.54, 1.807) is 6.08 Å². The van der Waals surface area contributed by atoms with Crippen LogP contribution in [0.5, 0.6) is 0 Å². The molecule has 12 unspecified atom stereocenters. The third kappa shape index (κ3) is 44.0. The van der Waals surface area contributed by atoms with Crippen LogP contribution in [0.15, 0.2) is 36.5 Å². The number of hydrogen-bond donors (Lipinski definition) is 9. The van der Waals surface area contributed by atoms with Crippen molar-refractivity contribution >= 4 is 5.91 Å². The fourth-order valence-electron chi connectivity index (χ4n) is 12.7. The molecule has 9 N–H and O–H groups in total. The van der Waals surface area contributed by atoms with Gasteiger partial charge in [0.2, 0.25) is 5.91 Å². The highest BCUT2D eigenvalue weighted by Crippen LogP contribution is 2.30. The van der Waals surface area contributed by atoms with Crippen molar-refractivity contribution in [3.63, 3.8) is 0 Å². The lowest BCUT2D eigenvalue weighted by atomic mass is 9.97. The van der Waals surface area contributed by atoms with Crippen molar-refractivity contribution in [1.29, 1.82) is 0 Å². The minimum absolute atomic E-state index is 0.246. The van der Waals surface area contributed by atoms with Crippen LogP contribution in [0.4, 0.5) is 0 Å². The highest BCUT2D eigenvalue weighted by molar-refractivity contribution is 5.76. The van der Waals surface area contributed by atoms with Gasteiger partial charge in [0.1, 0.15) is 48.8 Å². The maximum Gasteiger partial charge on any atom is 0.220 e. The minimum atomic E-state index is -1.79. The van der Waals surface area contributed by atoms with Crippen LogP contribution in [0.2, 0.25) is 0 Å². The monoisotopic (exact) mass is 1280 g/mol. The van der Waals surface area contributed by atoms with Crippen molar-refractivity contribution in [3.8, 4) is 0 Å². The highest BCUT2D eigenvalue weighted by atomic mass is 16.7. The van der Waals surface area contributed by atoms with Crippen molar-refractivity contribution < 1.29 is 64.6 Å². The molecule has 0 aromatic rings. The Hall–Kier alpha value is -1.79. The van der Waals surface area contributed by atoms with Gasteiger partial charge in [0.05, 0.1) is 32.0 Å². The fraction of sp³-hybridized carbons (Fsp3) is 0.908. The molecule has 530 valence electrons. The van der Waals surface area contributed by atoms with E-state index in [4.69, 9.17) is 18.9 Å². The summed E-state index contributed by atoms with van der Waals surface area (Å²) < 4.78 is 22.9. The van der Waals surface area contributed by atoms with E-state index in [2.05, 4.69) is 43.5 Å². The highest BCUT2D eigenvalue weighted by Gasteiger charge is 2.51. The van der Waals surface area contributed by atoms with Gasteiger partial charge < -0.3 is 65.1 Å². The summed E-state index contributed by atoms with van der Waals surface area (Å²) in [5, 5.41) is 87.5. The second-order valence-electron chi connectivity index (χ2n) is 27.1. The molecule has 0 saturated carbocycles. The van der Waals surface area contributed by atoms with Gasteiger partial charge in [-0.3, -0.25) is 4.79 Å². The number of allylic oxidation sites excluding steroid dienone is 5. The summed E-state index contributed by atoms with van der Waals surface area (Å²) in [5.41, 5.74) is 0. The number of rotatable bonds is 64. The number of aliphatic hydroxyl groups is 8. The Morgan fingerprint density at radius 1 is 0.389 bits per heavy atom. The molecular weight excluding hydrogens is 1130 g/mol. The van der Waals surface area contributed by atoms with E-state index in [-0.39, 0.29) is 18.9 Å². The summed E-state index contributed by atoms with van der Waals surface area (Å²) in [7, 11) is 0. The standard InChI is InChI=1S/C76H143NO13/c1-3-5-7-9-11-13-15-17-19-21-23-25-27-29-31-32-34-35-37-39-41-43-45-47-49-51-53-55-57-59-65(80)64(63-87-75-73(86)71(84)74(67(62-79)89-75)90-76-72(85)70(83)69(82)66(61-78)88-76)77-68(81)60-58-56-54-52-50-48-46-44-42-40-38-36-33-30-28-26-24-22-20-18-16-14-12-10-8-6-4-2/h41,43,49,51,57,59,64-67,69-76,78-80,82-86H,3-40,42,44-48,50,52-56,58,60-63H2,1-2H3,(H,77,81)/b43-41+,51-49+,59-57+. The van der Waals surface area contributed by atoms with Gasteiger partial charge in [-0.25, -0.2) is 0 Å². The van der Waals surface area contributed by atoms with Crippen LogP contribution in [0.25, 0.3) is 0 Å². The topological polar surface area (TPSA) is 228 Å². The number of unbranched alkanes of at least 4 members (excludes halogenated alkanes) is 47. The van der Waals surface area contributed by atoms with E-state index in [1.165, 1.54) is 270 Å². The molecule has 14 heteroatoms. The zero-order valence-corrected chi connectivity index (χ0v) is 57.9. The third-order valence-electron chi connectivity index (χ3n) is 18.8. The SMILES string of the molecule is CCCCCCCCCCCCCCCCCCCCC/C=C/CC/C=C/CC/C=C/C(O)C(COC1OC(CO)C(OC2OC(CO)C(O)C(O)C2O)C(O)C1O)NC(=O)CCCCCCCCCCCCCCCCCCCCCCCCCCCCC. The zero-order valence-electron chi connectivity index (χ0n) is 57.9. The van der Waals surface area contributed by atoms with Crippen LogP contribution in [0, 0.1) is 0 Å². The molecule has 0 bridgehead atoms. The van der Waals surface area contributed by atoms with E-state index in [9.17, 15) is 45.6 Å². The molecule has 2 aliphatic rings. The van der Waals surface area contributed by atoms with Crippen LogP contribution in [0.1, 0.15) is 348 Å². The van der Waals surface area contributed by atoms with Crippen LogP contribution in [-0.2, 0) is 23.7 Å². The molecule has 0 radical (unpaired) electrons. The predicted octanol–water partition coefficient (Wildman–Crippen LogP) is 16.5. The second kappa shape index (κ2) is 60.8. The summed E-state index contributed by atoms with van der Waals surface area (Å²) in [4.78, 5) is 13.4. The van der Waals surface area contributed by atoms with E-state index in [1.807, 2.05) is 6.08 Å². The molecule has 2 heterocycles. The number of aliphatic hydroxyl groups excluding tert-OH is 8.